The average Bonchev–Trinajstić information content (AvgIpc) is 2.27. The van der Waals surface area contributed by atoms with Gasteiger partial charge >= 0.3 is 0 Å². The third-order valence-corrected chi connectivity index (χ3v) is 3.26. The Kier molecular flexibility index (Phi) is 5.96. The lowest BCUT2D eigenvalue weighted by Crippen LogP contribution is -2.39. The number of allylic oxidation sites excluding steroid dienone is 2. The highest BCUT2D eigenvalue weighted by Crippen LogP contribution is 2.16. The molecule has 0 bridgehead atoms. The molecule has 2 heteroatoms. The Balaban J connectivity index is 2.10. The molecule has 0 aromatic heterocycles. The first kappa shape index (κ1) is 12.7. The van der Waals surface area contributed by atoms with Gasteiger partial charge in [-0.3, -0.25) is 0 Å². The minimum Gasteiger partial charge on any atom is -0.313 e. The Morgan fingerprint density at radius 3 is 2.87 bits per heavy atom. The molecule has 1 rings (SSSR count). The van der Waals surface area contributed by atoms with E-state index in [0.717, 1.165) is 19.0 Å². The Morgan fingerprint density at radius 1 is 1.47 bits per heavy atom. The van der Waals surface area contributed by atoms with Gasteiger partial charge in [0.15, 0.2) is 0 Å². The van der Waals surface area contributed by atoms with Crippen molar-refractivity contribution in [3.05, 3.63) is 12.2 Å². The van der Waals surface area contributed by atoms with E-state index >= 15 is 0 Å². The lowest BCUT2D eigenvalue weighted by molar-refractivity contribution is 0.298. The summed E-state index contributed by atoms with van der Waals surface area (Å²) in [5.74, 6) is 0.865. The van der Waals surface area contributed by atoms with Gasteiger partial charge in [0, 0.05) is 12.6 Å². The molecule has 0 aliphatic heterocycles. The summed E-state index contributed by atoms with van der Waals surface area (Å²) in [6, 6.07) is 0.612. The fraction of sp³-hybridized carbons (Fsp3) is 0.846. The van der Waals surface area contributed by atoms with E-state index in [1.807, 2.05) is 0 Å². The van der Waals surface area contributed by atoms with Crippen molar-refractivity contribution in [3.8, 4) is 0 Å². The van der Waals surface area contributed by atoms with Crippen LogP contribution in [0.4, 0.5) is 0 Å². The van der Waals surface area contributed by atoms with Gasteiger partial charge in [-0.2, -0.15) is 0 Å². The molecular weight excluding hydrogens is 184 g/mol. The minimum atomic E-state index is 0.612. The molecule has 2 atom stereocenters. The molecule has 1 aliphatic rings. The maximum Gasteiger partial charge on any atom is 0.0166 e. The summed E-state index contributed by atoms with van der Waals surface area (Å²) in [4.78, 5) is 2.36. The molecule has 2 nitrogen and oxygen atoms in total. The monoisotopic (exact) mass is 210 g/mol. The van der Waals surface area contributed by atoms with E-state index < -0.39 is 0 Å². The van der Waals surface area contributed by atoms with Crippen LogP contribution in [0.3, 0.4) is 0 Å². The molecule has 1 N–H and O–H groups in total. The van der Waals surface area contributed by atoms with Crippen LogP contribution in [0, 0.1) is 5.92 Å². The van der Waals surface area contributed by atoms with Crippen LogP contribution >= 0.6 is 0 Å². The highest BCUT2D eigenvalue weighted by atomic mass is 15.1. The standard InChI is InChI=1S/C13H26N2/c1-4-15(3)11-12(2)14-10-13-8-6-5-7-9-13/h5-6,12-14H,4,7-11H2,1-3H3. The molecule has 0 radical (unpaired) electrons. The smallest absolute Gasteiger partial charge is 0.0166 e. The van der Waals surface area contributed by atoms with E-state index in [-0.39, 0.29) is 0 Å². The van der Waals surface area contributed by atoms with E-state index in [1.165, 1.54) is 25.8 Å². The van der Waals surface area contributed by atoms with Crippen molar-refractivity contribution in [2.75, 3.05) is 26.7 Å². The van der Waals surface area contributed by atoms with Crippen molar-refractivity contribution in [1.82, 2.24) is 10.2 Å². The van der Waals surface area contributed by atoms with Crippen LogP contribution in [0.25, 0.3) is 0 Å². The third kappa shape index (κ3) is 5.33. The number of rotatable bonds is 6. The molecule has 0 fully saturated rings. The van der Waals surface area contributed by atoms with E-state index in [9.17, 15) is 0 Å². The van der Waals surface area contributed by atoms with E-state index in [0.29, 0.717) is 6.04 Å². The van der Waals surface area contributed by atoms with Gasteiger partial charge in [0.2, 0.25) is 0 Å². The zero-order valence-electron chi connectivity index (χ0n) is 10.5. The Bertz CT molecular complexity index is 189. The van der Waals surface area contributed by atoms with Crippen molar-refractivity contribution in [3.63, 3.8) is 0 Å². The summed E-state index contributed by atoms with van der Waals surface area (Å²) >= 11 is 0. The highest BCUT2D eigenvalue weighted by molar-refractivity contribution is 4.90. The molecule has 0 aromatic carbocycles. The fourth-order valence-electron chi connectivity index (χ4n) is 2.07. The summed E-state index contributed by atoms with van der Waals surface area (Å²) < 4.78 is 0. The second-order valence-electron chi connectivity index (χ2n) is 4.81. The number of likely N-dealkylation sites (N-methyl/N-ethyl adjacent to an activating group) is 1. The van der Waals surface area contributed by atoms with Crippen molar-refractivity contribution in [2.24, 2.45) is 5.92 Å². The molecule has 15 heavy (non-hydrogen) atoms. The van der Waals surface area contributed by atoms with Crippen molar-refractivity contribution >= 4 is 0 Å². The predicted octanol–water partition coefficient (Wildman–Crippen LogP) is 2.27. The van der Waals surface area contributed by atoms with Gasteiger partial charge in [-0.05, 0) is 52.2 Å². The van der Waals surface area contributed by atoms with Crippen LogP contribution in [0.2, 0.25) is 0 Å². The number of hydrogen-bond donors (Lipinski definition) is 1. The number of nitrogens with zero attached hydrogens (tertiary/aromatic N) is 1. The van der Waals surface area contributed by atoms with Gasteiger partial charge in [-0.15, -0.1) is 0 Å². The maximum atomic E-state index is 3.64. The van der Waals surface area contributed by atoms with Crippen LogP contribution in [-0.2, 0) is 0 Å². The molecule has 0 spiro atoms. The van der Waals surface area contributed by atoms with Crippen molar-refractivity contribution in [2.45, 2.75) is 39.2 Å². The molecule has 88 valence electrons. The quantitative estimate of drug-likeness (QED) is 0.677. The van der Waals surface area contributed by atoms with Gasteiger partial charge in [0.1, 0.15) is 0 Å². The van der Waals surface area contributed by atoms with E-state index in [1.54, 1.807) is 0 Å². The first-order valence-electron chi connectivity index (χ1n) is 6.29. The van der Waals surface area contributed by atoms with Gasteiger partial charge < -0.3 is 10.2 Å². The lowest BCUT2D eigenvalue weighted by Gasteiger charge is -2.24. The average molecular weight is 210 g/mol. The summed E-state index contributed by atoms with van der Waals surface area (Å²) in [6.45, 7) is 7.96. The number of hydrogen-bond acceptors (Lipinski definition) is 2. The van der Waals surface area contributed by atoms with Crippen molar-refractivity contribution < 1.29 is 0 Å². The zero-order chi connectivity index (χ0) is 11.1. The Labute approximate surface area is 94.7 Å². The molecule has 0 heterocycles. The summed E-state index contributed by atoms with van der Waals surface area (Å²) in [7, 11) is 2.18. The summed E-state index contributed by atoms with van der Waals surface area (Å²) in [5.41, 5.74) is 0. The van der Waals surface area contributed by atoms with Crippen LogP contribution < -0.4 is 5.32 Å². The second kappa shape index (κ2) is 7.02. The van der Waals surface area contributed by atoms with Crippen LogP contribution in [0.5, 0.6) is 0 Å². The third-order valence-electron chi connectivity index (χ3n) is 3.26. The molecule has 2 unspecified atom stereocenters. The lowest BCUT2D eigenvalue weighted by atomic mass is 9.94. The van der Waals surface area contributed by atoms with Gasteiger partial charge in [0.25, 0.3) is 0 Å². The van der Waals surface area contributed by atoms with Crippen LogP contribution in [-0.4, -0.2) is 37.6 Å². The summed E-state index contributed by atoms with van der Waals surface area (Å²) in [6.07, 6.45) is 8.54. The Morgan fingerprint density at radius 2 is 2.27 bits per heavy atom. The second-order valence-corrected chi connectivity index (χ2v) is 4.81. The van der Waals surface area contributed by atoms with E-state index in [2.05, 4.69) is 43.3 Å². The normalized spacial score (nSPS) is 23.3. The van der Waals surface area contributed by atoms with Gasteiger partial charge in [0.05, 0.1) is 0 Å². The van der Waals surface area contributed by atoms with Crippen LogP contribution in [0.1, 0.15) is 33.1 Å². The first-order valence-corrected chi connectivity index (χ1v) is 6.29. The van der Waals surface area contributed by atoms with E-state index in [4.69, 9.17) is 0 Å². The molecule has 0 saturated carbocycles. The largest absolute Gasteiger partial charge is 0.313 e. The molecule has 1 aliphatic carbocycles. The molecule has 0 saturated heterocycles. The molecule has 0 aromatic rings. The zero-order valence-corrected chi connectivity index (χ0v) is 10.5. The highest BCUT2D eigenvalue weighted by Gasteiger charge is 2.11. The summed E-state index contributed by atoms with van der Waals surface area (Å²) in [5, 5.41) is 3.64. The van der Waals surface area contributed by atoms with Gasteiger partial charge in [-0.1, -0.05) is 19.1 Å². The maximum absolute atomic E-state index is 3.64. The molecule has 0 amide bonds. The predicted molar refractivity (Wildman–Crippen MR) is 67.1 cm³/mol. The fourth-order valence-corrected chi connectivity index (χ4v) is 2.07. The van der Waals surface area contributed by atoms with Gasteiger partial charge in [-0.25, -0.2) is 0 Å². The molecular formula is C13H26N2. The van der Waals surface area contributed by atoms with Crippen molar-refractivity contribution in [1.29, 1.82) is 0 Å². The SMILES string of the molecule is CCN(C)CC(C)NCC1CC=CCC1. The first-order chi connectivity index (χ1) is 7.22. The number of nitrogens with one attached hydrogen (secondary N) is 1. The topological polar surface area (TPSA) is 15.3 Å². The Hall–Kier alpha value is -0.340. The van der Waals surface area contributed by atoms with Crippen LogP contribution in [0.15, 0.2) is 12.2 Å². The minimum absolute atomic E-state index is 0.612.